The highest BCUT2D eigenvalue weighted by molar-refractivity contribution is 7.90. The molecule has 1 aliphatic heterocycles. The van der Waals surface area contributed by atoms with Gasteiger partial charge in [0.05, 0.1) is 11.8 Å². The van der Waals surface area contributed by atoms with Crippen LogP contribution in [0, 0.1) is 5.41 Å². The van der Waals surface area contributed by atoms with Crippen LogP contribution >= 0.6 is 0 Å². The van der Waals surface area contributed by atoms with Gasteiger partial charge in [-0.1, -0.05) is 13.8 Å². The van der Waals surface area contributed by atoms with Gasteiger partial charge >= 0.3 is 0 Å². The lowest BCUT2D eigenvalue weighted by Crippen LogP contribution is -2.56. The van der Waals surface area contributed by atoms with Crippen LogP contribution in [0.25, 0.3) is 0 Å². The number of sulfone groups is 1. The standard InChI is InChI=1S/C11H22N2O3S/c1-11(2)5-4-6-12-9(11)10(14)13-7-8-17(3,15)16/h9,12H,4-8H2,1-3H3,(H,13,14). The molecule has 0 aromatic rings. The summed E-state index contributed by atoms with van der Waals surface area (Å²) in [5.74, 6) is -0.107. The SMILES string of the molecule is CC1(C)CCCNC1C(=O)NCCS(C)(=O)=O. The smallest absolute Gasteiger partial charge is 0.237 e. The minimum atomic E-state index is -3.01. The third-order valence-electron chi connectivity index (χ3n) is 3.16. The number of nitrogens with one attached hydrogen (secondary N) is 2. The second-order valence-electron chi connectivity index (χ2n) is 5.40. The molecule has 0 saturated carbocycles. The maximum absolute atomic E-state index is 11.9. The van der Waals surface area contributed by atoms with E-state index in [1.54, 1.807) is 0 Å². The van der Waals surface area contributed by atoms with Crippen LogP contribution < -0.4 is 10.6 Å². The molecule has 0 spiro atoms. The predicted molar refractivity (Wildman–Crippen MR) is 67.5 cm³/mol. The van der Waals surface area contributed by atoms with E-state index < -0.39 is 9.84 Å². The van der Waals surface area contributed by atoms with Crippen molar-refractivity contribution in [1.29, 1.82) is 0 Å². The Bertz CT molecular complexity index is 376. The highest BCUT2D eigenvalue weighted by Gasteiger charge is 2.36. The first-order valence-electron chi connectivity index (χ1n) is 5.91. The van der Waals surface area contributed by atoms with Gasteiger partial charge in [0, 0.05) is 12.8 Å². The van der Waals surface area contributed by atoms with Crippen molar-refractivity contribution in [1.82, 2.24) is 10.6 Å². The van der Waals surface area contributed by atoms with Gasteiger partial charge in [0.25, 0.3) is 0 Å². The number of piperidine rings is 1. The van der Waals surface area contributed by atoms with Crippen LogP contribution in [0.4, 0.5) is 0 Å². The number of carbonyl (C=O) groups excluding carboxylic acids is 1. The maximum atomic E-state index is 11.9. The Morgan fingerprint density at radius 1 is 1.47 bits per heavy atom. The second kappa shape index (κ2) is 5.35. The quantitative estimate of drug-likeness (QED) is 0.743. The van der Waals surface area contributed by atoms with Gasteiger partial charge in [0.1, 0.15) is 9.84 Å². The first kappa shape index (κ1) is 14.4. The average Bonchev–Trinajstić information content (AvgIpc) is 2.14. The molecule has 0 aromatic heterocycles. The summed E-state index contributed by atoms with van der Waals surface area (Å²) >= 11 is 0. The molecule has 1 unspecified atom stereocenters. The fourth-order valence-electron chi connectivity index (χ4n) is 2.12. The van der Waals surface area contributed by atoms with Crippen LogP contribution in [0.2, 0.25) is 0 Å². The third-order valence-corrected chi connectivity index (χ3v) is 4.11. The van der Waals surface area contributed by atoms with E-state index >= 15 is 0 Å². The van der Waals surface area contributed by atoms with Gasteiger partial charge in [0.2, 0.25) is 5.91 Å². The van der Waals surface area contributed by atoms with E-state index in [1.165, 1.54) is 6.26 Å². The van der Waals surface area contributed by atoms with Crippen LogP contribution in [-0.2, 0) is 14.6 Å². The Morgan fingerprint density at radius 3 is 2.65 bits per heavy atom. The largest absolute Gasteiger partial charge is 0.354 e. The third kappa shape index (κ3) is 4.63. The molecule has 1 aliphatic rings. The number of amides is 1. The van der Waals surface area contributed by atoms with E-state index in [2.05, 4.69) is 24.5 Å². The van der Waals surface area contributed by atoms with Crippen molar-refractivity contribution < 1.29 is 13.2 Å². The van der Waals surface area contributed by atoms with Gasteiger partial charge < -0.3 is 10.6 Å². The van der Waals surface area contributed by atoms with Crippen LogP contribution in [0.1, 0.15) is 26.7 Å². The first-order valence-corrected chi connectivity index (χ1v) is 7.97. The highest BCUT2D eigenvalue weighted by atomic mass is 32.2. The van der Waals surface area contributed by atoms with Crippen molar-refractivity contribution >= 4 is 15.7 Å². The van der Waals surface area contributed by atoms with Gasteiger partial charge in [-0.3, -0.25) is 4.79 Å². The highest BCUT2D eigenvalue weighted by Crippen LogP contribution is 2.29. The zero-order valence-corrected chi connectivity index (χ0v) is 11.6. The zero-order chi connectivity index (χ0) is 13.1. The van der Waals surface area contributed by atoms with Crippen molar-refractivity contribution in [2.24, 2.45) is 5.41 Å². The molecule has 100 valence electrons. The Kier molecular flexibility index (Phi) is 4.55. The zero-order valence-electron chi connectivity index (χ0n) is 10.7. The van der Waals surface area contributed by atoms with Crippen LogP contribution in [0.15, 0.2) is 0 Å². The molecule has 0 radical (unpaired) electrons. The van der Waals surface area contributed by atoms with Crippen molar-refractivity contribution in [3.8, 4) is 0 Å². The van der Waals surface area contributed by atoms with Gasteiger partial charge in [-0.25, -0.2) is 8.42 Å². The van der Waals surface area contributed by atoms with Crippen LogP contribution in [0.3, 0.4) is 0 Å². The predicted octanol–water partition coefficient (Wildman–Crippen LogP) is -0.0746. The summed E-state index contributed by atoms with van der Waals surface area (Å²) in [4.78, 5) is 11.9. The molecule has 1 saturated heterocycles. The summed E-state index contributed by atoms with van der Waals surface area (Å²) in [6.45, 7) is 5.14. The lowest BCUT2D eigenvalue weighted by Gasteiger charge is -2.38. The molecular formula is C11H22N2O3S. The molecule has 0 aliphatic carbocycles. The number of rotatable bonds is 4. The molecule has 5 nitrogen and oxygen atoms in total. The van der Waals surface area contributed by atoms with Crippen LogP contribution in [-0.4, -0.2) is 45.5 Å². The van der Waals surface area contributed by atoms with Crippen molar-refractivity contribution in [2.75, 3.05) is 25.1 Å². The minimum absolute atomic E-state index is 0.00805. The second-order valence-corrected chi connectivity index (χ2v) is 7.66. The lowest BCUT2D eigenvalue weighted by atomic mass is 9.77. The molecule has 2 N–H and O–H groups in total. The summed E-state index contributed by atoms with van der Waals surface area (Å²) in [6.07, 6.45) is 3.24. The van der Waals surface area contributed by atoms with E-state index in [-0.39, 0.29) is 29.7 Å². The van der Waals surface area contributed by atoms with Gasteiger partial charge in [-0.2, -0.15) is 0 Å². The average molecular weight is 262 g/mol. The normalized spacial score (nSPS) is 24.3. The van der Waals surface area contributed by atoms with Crippen molar-refractivity contribution in [3.05, 3.63) is 0 Å². The fraction of sp³-hybridized carbons (Fsp3) is 0.909. The minimum Gasteiger partial charge on any atom is -0.354 e. The molecule has 1 amide bonds. The molecule has 1 heterocycles. The number of hydrogen-bond donors (Lipinski definition) is 2. The monoisotopic (exact) mass is 262 g/mol. The Hall–Kier alpha value is -0.620. The maximum Gasteiger partial charge on any atom is 0.237 e. The van der Waals surface area contributed by atoms with E-state index in [4.69, 9.17) is 0 Å². The molecule has 0 bridgehead atoms. The Morgan fingerprint density at radius 2 is 2.12 bits per heavy atom. The van der Waals surface area contributed by atoms with E-state index in [1.807, 2.05) is 0 Å². The summed E-state index contributed by atoms with van der Waals surface area (Å²) in [5, 5.41) is 5.88. The topological polar surface area (TPSA) is 75.3 Å². The number of carbonyl (C=O) groups is 1. The van der Waals surface area contributed by atoms with Crippen molar-refractivity contribution in [3.63, 3.8) is 0 Å². The van der Waals surface area contributed by atoms with Gasteiger partial charge in [-0.05, 0) is 24.8 Å². The van der Waals surface area contributed by atoms with Gasteiger partial charge in [-0.15, -0.1) is 0 Å². The molecule has 1 atom stereocenters. The molecule has 6 heteroatoms. The fourth-order valence-corrected chi connectivity index (χ4v) is 2.59. The lowest BCUT2D eigenvalue weighted by molar-refractivity contribution is -0.126. The van der Waals surface area contributed by atoms with Crippen molar-refractivity contribution in [2.45, 2.75) is 32.7 Å². The summed E-state index contributed by atoms with van der Waals surface area (Å²) in [7, 11) is -3.01. The number of hydrogen-bond acceptors (Lipinski definition) is 4. The Labute approximate surface area is 103 Å². The molecule has 1 rings (SSSR count). The molecule has 0 aromatic carbocycles. The molecule has 17 heavy (non-hydrogen) atoms. The summed E-state index contributed by atoms with van der Waals surface area (Å²) in [5.41, 5.74) is -0.0760. The summed E-state index contributed by atoms with van der Waals surface area (Å²) in [6, 6.07) is -0.226. The van der Waals surface area contributed by atoms with E-state index in [9.17, 15) is 13.2 Å². The van der Waals surface area contributed by atoms with Gasteiger partial charge in [0.15, 0.2) is 0 Å². The van der Waals surface area contributed by atoms with E-state index in [0.29, 0.717) is 0 Å². The van der Waals surface area contributed by atoms with Crippen LogP contribution in [0.5, 0.6) is 0 Å². The summed E-state index contributed by atoms with van der Waals surface area (Å²) < 4.78 is 21.9. The molecule has 1 fully saturated rings. The Balaban J connectivity index is 2.47. The van der Waals surface area contributed by atoms with E-state index in [0.717, 1.165) is 19.4 Å². The molecular weight excluding hydrogens is 240 g/mol. The first-order chi connectivity index (χ1) is 7.72.